The highest BCUT2D eigenvalue weighted by atomic mass is 79.9. The third-order valence-electron chi connectivity index (χ3n) is 2.01. The van der Waals surface area contributed by atoms with E-state index in [1.54, 1.807) is 25.1 Å². The number of benzene rings is 1. The van der Waals surface area contributed by atoms with Crippen LogP contribution < -0.4 is 11.1 Å². The minimum Gasteiger partial charge on any atom is -0.398 e. The van der Waals surface area contributed by atoms with E-state index in [0.29, 0.717) is 22.2 Å². The molecule has 0 fully saturated rings. The molecule has 7 heteroatoms. The predicted molar refractivity (Wildman–Crippen MR) is 71.2 cm³/mol. The maximum absolute atomic E-state index is 11.9. The van der Waals surface area contributed by atoms with Gasteiger partial charge in [0.15, 0.2) is 0 Å². The first kappa shape index (κ1) is 12.0. The Morgan fingerprint density at radius 3 is 2.94 bits per heavy atom. The minimum atomic E-state index is -0.292. The highest BCUT2D eigenvalue weighted by molar-refractivity contribution is 9.10. The number of aromatic nitrogens is 2. The summed E-state index contributed by atoms with van der Waals surface area (Å²) in [5.41, 5.74) is 6.57. The first-order valence-corrected chi connectivity index (χ1v) is 6.29. The van der Waals surface area contributed by atoms with Crippen molar-refractivity contribution in [3.05, 3.63) is 34.1 Å². The average molecular weight is 313 g/mol. The first-order chi connectivity index (χ1) is 8.06. The topological polar surface area (TPSA) is 80.9 Å². The van der Waals surface area contributed by atoms with Crippen LogP contribution in [0, 0.1) is 6.92 Å². The number of aryl methyl sites for hydroxylation is 1. The van der Waals surface area contributed by atoms with E-state index in [-0.39, 0.29) is 5.91 Å². The third kappa shape index (κ3) is 2.80. The van der Waals surface area contributed by atoms with Crippen molar-refractivity contribution < 1.29 is 4.79 Å². The highest BCUT2D eigenvalue weighted by Crippen LogP contribution is 2.20. The molecule has 3 N–H and O–H groups in total. The average Bonchev–Trinajstić information content (AvgIpc) is 2.67. The Kier molecular flexibility index (Phi) is 3.39. The molecule has 0 radical (unpaired) electrons. The molecule has 0 spiro atoms. The van der Waals surface area contributed by atoms with Gasteiger partial charge < -0.3 is 5.73 Å². The van der Waals surface area contributed by atoms with Gasteiger partial charge in [-0.25, -0.2) is 4.98 Å². The molecule has 1 heterocycles. The van der Waals surface area contributed by atoms with Crippen LogP contribution in [-0.4, -0.2) is 15.3 Å². The van der Waals surface area contributed by atoms with Gasteiger partial charge in [-0.2, -0.15) is 4.37 Å². The summed E-state index contributed by atoms with van der Waals surface area (Å²) in [6.45, 7) is 1.76. The Morgan fingerprint density at radius 1 is 1.53 bits per heavy atom. The van der Waals surface area contributed by atoms with Crippen molar-refractivity contribution in [1.82, 2.24) is 9.36 Å². The van der Waals surface area contributed by atoms with E-state index >= 15 is 0 Å². The Bertz CT molecular complexity index is 569. The van der Waals surface area contributed by atoms with Gasteiger partial charge in [0, 0.05) is 21.7 Å². The second-order valence-electron chi connectivity index (χ2n) is 3.33. The van der Waals surface area contributed by atoms with Crippen molar-refractivity contribution in [1.29, 1.82) is 0 Å². The van der Waals surface area contributed by atoms with Gasteiger partial charge in [-0.15, -0.1) is 0 Å². The van der Waals surface area contributed by atoms with Crippen LogP contribution in [0.3, 0.4) is 0 Å². The normalized spacial score (nSPS) is 10.2. The van der Waals surface area contributed by atoms with Gasteiger partial charge in [0.05, 0.1) is 5.56 Å². The smallest absolute Gasteiger partial charge is 0.259 e. The monoisotopic (exact) mass is 312 g/mol. The summed E-state index contributed by atoms with van der Waals surface area (Å²) >= 11 is 4.43. The molecule has 1 aromatic carbocycles. The molecule has 17 heavy (non-hydrogen) atoms. The summed E-state index contributed by atoms with van der Waals surface area (Å²) in [5.74, 6) is 0.340. The van der Waals surface area contributed by atoms with Crippen LogP contribution in [0.25, 0.3) is 0 Å². The fourth-order valence-corrected chi connectivity index (χ4v) is 2.17. The van der Waals surface area contributed by atoms with Crippen LogP contribution in [0.1, 0.15) is 16.2 Å². The van der Waals surface area contributed by atoms with Crippen molar-refractivity contribution >= 4 is 44.2 Å². The maximum Gasteiger partial charge on any atom is 0.259 e. The summed E-state index contributed by atoms with van der Waals surface area (Å²) in [6, 6.07) is 5.12. The maximum atomic E-state index is 11.9. The number of nitrogens with two attached hydrogens (primary N) is 1. The van der Waals surface area contributed by atoms with Crippen LogP contribution in [0.4, 0.5) is 10.8 Å². The molecular formula is C10H9BrN4OS. The molecule has 0 aliphatic rings. The number of hydrogen-bond acceptors (Lipinski definition) is 5. The molecular weight excluding hydrogens is 304 g/mol. The zero-order chi connectivity index (χ0) is 12.4. The van der Waals surface area contributed by atoms with Gasteiger partial charge >= 0.3 is 0 Å². The standard InChI is InChI=1S/C10H9BrN4OS/c1-5-13-10(17-15-5)14-9(16)7-4-6(11)2-3-8(7)12/h2-4H,12H2,1H3,(H,13,14,15,16). The SMILES string of the molecule is Cc1nsc(NC(=O)c2cc(Br)ccc2N)n1. The quantitative estimate of drug-likeness (QED) is 0.835. The van der Waals surface area contributed by atoms with Gasteiger partial charge in [0.25, 0.3) is 5.91 Å². The number of hydrogen-bond donors (Lipinski definition) is 2. The number of carbonyl (C=O) groups is 1. The van der Waals surface area contributed by atoms with Crippen LogP contribution >= 0.6 is 27.5 Å². The Morgan fingerprint density at radius 2 is 2.29 bits per heavy atom. The molecule has 0 aliphatic heterocycles. The second kappa shape index (κ2) is 4.80. The van der Waals surface area contributed by atoms with Crippen molar-refractivity contribution in [2.45, 2.75) is 6.92 Å². The van der Waals surface area contributed by atoms with Gasteiger partial charge in [0.2, 0.25) is 5.13 Å². The molecule has 2 aromatic rings. The molecule has 1 amide bonds. The van der Waals surface area contributed by atoms with Crippen molar-refractivity contribution in [2.24, 2.45) is 0 Å². The lowest BCUT2D eigenvalue weighted by atomic mass is 10.2. The fraction of sp³-hybridized carbons (Fsp3) is 0.100. The molecule has 0 aliphatic carbocycles. The lowest BCUT2D eigenvalue weighted by molar-refractivity contribution is 0.102. The molecule has 88 valence electrons. The molecule has 1 aromatic heterocycles. The van der Waals surface area contributed by atoms with E-state index < -0.39 is 0 Å². The summed E-state index contributed by atoms with van der Waals surface area (Å²) in [7, 11) is 0. The van der Waals surface area contributed by atoms with Gasteiger partial charge in [-0.3, -0.25) is 10.1 Å². The molecule has 0 saturated heterocycles. The van der Waals surface area contributed by atoms with E-state index in [0.717, 1.165) is 16.0 Å². The van der Waals surface area contributed by atoms with Crippen LogP contribution in [0.2, 0.25) is 0 Å². The van der Waals surface area contributed by atoms with Gasteiger partial charge in [-0.1, -0.05) is 15.9 Å². The van der Waals surface area contributed by atoms with E-state index in [1.165, 1.54) is 0 Å². The molecule has 0 bridgehead atoms. The third-order valence-corrected chi connectivity index (χ3v) is 3.22. The van der Waals surface area contributed by atoms with Crippen molar-refractivity contribution in [2.75, 3.05) is 11.1 Å². The largest absolute Gasteiger partial charge is 0.398 e. The van der Waals surface area contributed by atoms with E-state index in [1.807, 2.05) is 0 Å². The Labute approximate surface area is 110 Å². The Hall–Kier alpha value is -1.47. The number of nitrogens with one attached hydrogen (secondary N) is 1. The van der Waals surface area contributed by atoms with Crippen LogP contribution in [-0.2, 0) is 0 Å². The van der Waals surface area contributed by atoms with Crippen LogP contribution in [0.5, 0.6) is 0 Å². The predicted octanol–water partition coefficient (Wildman–Crippen LogP) is 2.44. The highest BCUT2D eigenvalue weighted by Gasteiger charge is 2.12. The lowest BCUT2D eigenvalue weighted by Gasteiger charge is -2.05. The summed E-state index contributed by atoms with van der Waals surface area (Å²) in [4.78, 5) is 16.0. The van der Waals surface area contributed by atoms with E-state index in [4.69, 9.17) is 5.73 Å². The lowest BCUT2D eigenvalue weighted by Crippen LogP contribution is -2.13. The van der Waals surface area contributed by atoms with E-state index in [2.05, 4.69) is 30.6 Å². The number of amides is 1. The molecule has 0 unspecified atom stereocenters. The number of nitrogens with zero attached hydrogens (tertiary/aromatic N) is 2. The number of anilines is 2. The Balaban J connectivity index is 2.22. The first-order valence-electron chi connectivity index (χ1n) is 4.73. The second-order valence-corrected chi connectivity index (χ2v) is 5.00. The number of nitrogen functional groups attached to an aromatic ring is 1. The summed E-state index contributed by atoms with van der Waals surface area (Å²) < 4.78 is 4.78. The zero-order valence-electron chi connectivity index (χ0n) is 8.90. The number of carbonyl (C=O) groups excluding carboxylic acids is 1. The summed E-state index contributed by atoms with van der Waals surface area (Å²) in [5, 5.41) is 3.12. The summed E-state index contributed by atoms with van der Waals surface area (Å²) in [6.07, 6.45) is 0. The van der Waals surface area contributed by atoms with Gasteiger partial charge in [-0.05, 0) is 25.1 Å². The molecule has 0 atom stereocenters. The van der Waals surface area contributed by atoms with Gasteiger partial charge in [0.1, 0.15) is 5.82 Å². The van der Waals surface area contributed by atoms with Crippen molar-refractivity contribution in [3.8, 4) is 0 Å². The van der Waals surface area contributed by atoms with E-state index in [9.17, 15) is 4.79 Å². The van der Waals surface area contributed by atoms with Crippen molar-refractivity contribution in [3.63, 3.8) is 0 Å². The number of rotatable bonds is 2. The zero-order valence-corrected chi connectivity index (χ0v) is 11.3. The molecule has 2 rings (SSSR count). The van der Waals surface area contributed by atoms with Crippen LogP contribution in [0.15, 0.2) is 22.7 Å². The molecule has 0 saturated carbocycles. The minimum absolute atomic E-state index is 0.292. The number of halogens is 1. The molecule has 5 nitrogen and oxygen atoms in total. The fourth-order valence-electron chi connectivity index (χ4n) is 1.24.